The van der Waals surface area contributed by atoms with Gasteiger partial charge in [-0.15, -0.1) is 0 Å². The lowest BCUT2D eigenvalue weighted by Gasteiger charge is -2.29. The van der Waals surface area contributed by atoms with E-state index in [-0.39, 0.29) is 24.2 Å². The van der Waals surface area contributed by atoms with Crippen molar-refractivity contribution < 1.29 is 28.9 Å². The van der Waals surface area contributed by atoms with E-state index in [4.69, 9.17) is 30.9 Å². The third kappa shape index (κ3) is 7.32. The van der Waals surface area contributed by atoms with E-state index in [2.05, 4.69) is 5.32 Å². The fraction of sp³-hybridized carbons (Fsp3) is 0.360. The van der Waals surface area contributed by atoms with Gasteiger partial charge in [0.2, 0.25) is 6.29 Å². The molecule has 1 heterocycles. The predicted molar refractivity (Wildman–Crippen MR) is 124 cm³/mol. The summed E-state index contributed by atoms with van der Waals surface area (Å²) in [6.45, 7) is 0.846. The zero-order valence-electron chi connectivity index (χ0n) is 18.5. The minimum atomic E-state index is -0.602. The molecule has 1 aliphatic rings. The van der Waals surface area contributed by atoms with Gasteiger partial charge in [0, 0.05) is 30.5 Å². The summed E-state index contributed by atoms with van der Waals surface area (Å²) in [6, 6.07) is 14.3. The lowest BCUT2D eigenvalue weighted by molar-refractivity contribution is -0.146. The van der Waals surface area contributed by atoms with E-state index in [0.29, 0.717) is 43.0 Å². The van der Waals surface area contributed by atoms with Gasteiger partial charge < -0.3 is 24.6 Å². The van der Waals surface area contributed by atoms with Crippen LogP contribution in [0.5, 0.6) is 0 Å². The molecular weight excluding hydrogens is 446 g/mol. The molecule has 0 unspecified atom stereocenters. The summed E-state index contributed by atoms with van der Waals surface area (Å²) in [5, 5.41) is 12.5. The first-order chi connectivity index (χ1) is 16.0. The number of carbonyl (C=O) groups is 2. The highest BCUT2D eigenvalue weighted by Crippen LogP contribution is 2.32. The molecule has 3 rings (SSSR count). The number of nitrogens with one attached hydrogen (secondary N) is 1. The van der Waals surface area contributed by atoms with E-state index in [1.807, 2.05) is 24.3 Å². The number of amides is 1. The zero-order valence-corrected chi connectivity index (χ0v) is 19.2. The number of hydrogen-bond acceptors (Lipinski definition) is 6. The van der Waals surface area contributed by atoms with Crippen LogP contribution in [0.3, 0.4) is 0 Å². The molecule has 1 aliphatic heterocycles. The topological polar surface area (TPSA) is 94.1 Å². The maximum Gasteiger partial charge on any atom is 0.337 e. The van der Waals surface area contributed by atoms with Crippen LogP contribution in [0.25, 0.3) is 0 Å². The van der Waals surface area contributed by atoms with Crippen molar-refractivity contribution >= 4 is 23.5 Å². The summed E-state index contributed by atoms with van der Waals surface area (Å²) in [4.78, 5) is 24.6. The summed E-state index contributed by atoms with van der Waals surface area (Å²) < 4.78 is 16.4. The van der Waals surface area contributed by atoms with Gasteiger partial charge in [-0.3, -0.25) is 4.79 Å². The first-order valence-electron chi connectivity index (χ1n) is 10.8. The minimum Gasteiger partial charge on any atom is -0.465 e. The number of ether oxygens (including phenoxy) is 3. The fourth-order valence-corrected chi connectivity index (χ4v) is 3.56. The molecule has 0 bridgehead atoms. The lowest BCUT2D eigenvalue weighted by atomic mass is 9.92. The van der Waals surface area contributed by atoms with Crippen LogP contribution in [0.1, 0.15) is 46.7 Å². The molecule has 176 valence electrons. The summed E-state index contributed by atoms with van der Waals surface area (Å²) in [6.07, 6.45) is 3.02. The fourth-order valence-electron chi connectivity index (χ4n) is 3.44. The number of aliphatic hydroxyl groups excluding tert-OH is 1. The van der Waals surface area contributed by atoms with E-state index in [1.54, 1.807) is 30.3 Å². The van der Waals surface area contributed by atoms with Crippen molar-refractivity contribution in [3.63, 3.8) is 0 Å². The second-order valence-corrected chi connectivity index (χ2v) is 8.08. The monoisotopic (exact) mass is 473 g/mol. The molecule has 0 fully saturated rings. The molecule has 1 amide bonds. The molecule has 8 heteroatoms. The Morgan fingerprint density at radius 3 is 2.52 bits per heavy atom. The third-order valence-corrected chi connectivity index (χ3v) is 5.52. The van der Waals surface area contributed by atoms with E-state index >= 15 is 0 Å². The van der Waals surface area contributed by atoms with Crippen molar-refractivity contribution in [1.29, 1.82) is 0 Å². The van der Waals surface area contributed by atoms with E-state index < -0.39 is 12.3 Å². The van der Waals surface area contributed by atoms with Crippen molar-refractivity contribution in [2.75, 3.05) is 20.3 Å². The van der Waals surface area contributed by atoms with Gasteiger partial charge in [-0.25, -0.2) is 4.79 Å². The number of rotatable bonds is 10. The van der Waals surface area contributed by atoms with Crippen LogP contribution >= 0.6 is 11.6 Å². The maximum atomic E-state index is 12.8. The number of unbranched alkanes of at least 4 members (excludes halogenated alkanes) is 1. The number of halogens is 1. The van der Waals surface area contributed by atoms with Gasteiger partial charge in [-0.2, -0.15) is 0 Å². The number of hydrogen-bond donors (Lipinski definition) is 2. The predicted octanol–water partition coefficient (Wildman–Crippen LogP) is 3.95. The van der Waals surface area contributed by atoms with Crippen molar-refractivity contribution in [3.05, 3.63) is 82.1 Å². The Bertz CT molecular complexity index is 958. The van der Waals surface area contributed by atoms with Gasteiger partial charge in [-0.05, 0) is 54.3 Å². The highest BCUT2D eigenvalue weighted by molar-refractivity contribution is 6.30. The molecule has 0 saturated carbocycles. The SMILES string of the molecule is COC(=O)c1ccc([C@H]2C=C(C(=O)NCc3ccc(Cl)cc3)O[C@@H](OCCCCO)C2)cc1. The number of esters is 1. The summed E-state index contributed by atoms with van der Waals surface area (Å²) in [5.74, 6) is -0.699. The first kappa shape index (κ1) is 24.8. The van der Waals surface area contributed by atoms with Gasteiger partial charge in [0.15, 0.2) is 5.76 Å². The Labute approximate surface area is 198 Å². The number of allylic oxidation sites excluding steroid dienone is 1. The molecule has 2 aromatic rings. The molecule has 0 spiro atoms. The van der Waals surface area contributed by atoms with Crippen LogP contribution in [0.4, 0.5) is 0 Å². The van der Waals surface area contributed by atoms with Crippen molar-refractivity contribution in [1.82, 2.24) is 5.32 Å². The number of methoxy groups -OCH3 is 1. The molecule has 0 saturated heterocycles. The molecule has 2 aromatic carbocycles. The van der Waals surface area contributed by atoms with Crippen LogP contribution in [-0.2, 0) is 25.5 Å². The molecule has 7 nitrogen and oxygen atoms in total. The van der Waals surface area contributed by atoms with Crippen molar-refractivity contribution in [2.45, 2.75) is 38.0 Å². The molecule has 2 N–H and O–H groups in total. The van der Waals surface area contributed by atoms with E-state index in [9.17, 15) is 9.59 Å². The Morgan fingerprint density at radius 1 is 1.12 bits per heavy atom. The van der Waals surface area contributed by atoms with Gasteiger partial charge in [0.25, 0.3) is 5.91 Å². The number of benzene rings is 2. The average Bonchev–Trinajstić information content (AvgIpc) is 2.85. The third-order valence-electron chi connectivity index (χ3n) is 5.26. The molecule has 0 radical (unpaired) electrons. The van der Waals surface area contributed by atoms with Crippen LogP contribution in [-0.4, -0.2) is 43.6 Å². The van der Waals surface area contributed by atoms with Crippen LogP contribution in [0, 0.1) is 0 Å². The van der Waals surface area contributed by atoms with Gasteiger partial charge in [0.05, 0.1) is 19.3 Å². The standard InChI is InChI=1S/C25H28ClNO6/c1-31-25(30)19-8-6-18(7-9-19)20-14-22(33-23(15-20)32-13-3-2-12-28)24(29)27-16-17-4-10-21(26)11-5-17/h4-11,14,20,23,28H,2-3,12-13,15-16H2,1H3,(H,27,29)/t20-,23+/m0/s1. The largest absolute Gasteiger partial charge is 0.465 e. The summed E-state index contributed by atoms with van der Waals surface area (Å²) in [7, 11) is 1.34. The minimum absolute atomic E-state index is 0.0995. The molecular formula is C25H28ClNO6. The average molecular weight is 474 g/mol. The summed E-state index contributed by atoms with van der Waals surface area (Å²) >= 11 is 5.91. The van der Waals surface area contributed by atoms with Crippen molar-refractivity contribution in [2.24, 2.45) is 0 Å². The van der Waals surface area contributed by atoms with E-state index in [1.165, 1.54) is 7.11 Å². The van der Waals surface area contributed by atoms with Crippen LogP contribution in [0.2, 0.25) is 5.02 Å². The molecule has 0 aliphatic carbocycles. The van der Waals surface area contributed by atoms with E-state index in [0.717, 1.165) is 11.1 Å². The molecule has 0 aromatic heterocycles. The molecule has 33 heavy (non-hydrogen) atoms. The maximum absolute atomic E-state index is 12.8. The normalized spacial score (nSPS) is 17.6. The van der Waals surface area contributed by atoms with Crippen molar-refractivity contribution in [3.8, 4) is 0 Å². The Kier molecular flexibility index (Phi) is 9.30. The first-order valence-corrected chi connectivity index (χ1v) is 11.2. The Morgan fingerprint density at radius 2 is 1.85 bits per heavy atom. The highest BCUT2D eigenvalue weighted by Gasteiger charge is 2.28. The Hall–Kier alpha value is -2.87. The lowest BCUT2D eigenvalue weighted by Crippen LogP contribution is -2.32. The van der Waals surface area contributed by atoms with Crippen LogP contribution < -0.4 is 5.32 Å². The molecule has 2 atom stereocenters. The number of carbonyl (C=O) groups excluding carboxylic acids is 2. The smallest absolute Gasteiger partial charge is 0.337 e. The number of aliphatic hydroxyl groups is 1. The van der Waals surface area contributed by atoms with Gasteiger partial charge in [0.1, 0.15) is 0 Å². The second kappa shape index (κ2) is 12.4. The zero-order chi connectivity index (χ0) is 23.6. The van der Waals surface area contributed by atoms with Gasteiger partial charge in [-0.1, -0.05) is 35.9 Å². The van der Waals surface area contributed by atoms with Gasteiger partial charge >= 0.3 is 5.97 Å². The highest BCUT2D eigenvalue weighted by atomic mass is 35.5. The summed E-state index contributed by atoms with van der Waals surface area (Å²) in [5.41, 5.74) is 2.30. The second-order valence-electron chi connectivity index (χ2n) is 7.64. The Balaban J connectivity index is 1.72. The quantitative estimate of drug-likeness (QED) is 0.401. The van der Waals surface area contributed by atoms with Crippen LogP contribution in [0.15, 0.2) is 60.4 Å².